The smallest absolute Gasteiger partial charge is 0.229 e. The molecule has 0 bridgehead atoms. The predicted molar refractivity (Wildman–Crippen MR) is 85.3 cm³/mol. The van der Waals surface area contributed by atoms with Crippen molar-refractivity contribution in [1.29, 1.82) is 0 Å². The van der Waals surface area contributed by atoms with Gasteiger partial charge in [0.2, 0.25) is 5.91 Å². The summed E-state index contributed by atoms with van der Waals surface area (Å²) in [6.07, 6.45) is 0. The van der Waals surface area contributed by atoms with Crippen molar-refractivity contribution in [1.82, 2.24) is 0 Å². The zero-order chi connectivity index (χ0) is 15.4. The lowest BCUT2D eigenvalue weighted by Gasteiger charge is -2.20. The largest absolute Gasteiger partial charge is 0.323 e. The zero-order valence-corrected chi connectivity index (χ0v) is 13.1. The first-order valence-electron chi connectivity index (χ1n) is 6.55. The molecule has 2 atom stereocenters. The molecule has 0 saturated carbocycles. The van der Waals surface area contributed by atoms with Crippen LogP contribution in [-0.2, 0) is 4.79 Å². The van der Waals surface area contributed by atoms with Crippen molar-refractivity contribution >= 4 is 27.5 Å². The Morgan fingerprint density at radius 2 is 1.90 bits per heavy atom. The fourth-order valence-corrected chi connectivity index (χ4v) is 2.33. The van der Waals surface area contributed by atoms with E-state index in [4.69, 9.17) is 5.73 Å². The standard InChI is InChI=1S/C16H16BrFN2O/c1-10(15(19)11-5-3-2-4-6-11)16(21)20-14-9-12(17)7-8-13(14)18/h2-10,15H,19H2,1H3,(H,20,21). The molecule has 0 aliphatic rings. The summed E-state index contributed by atoms with van der Waals surface area (Å²) < 4.78 is 14.3. The molecule has 2 rings (SSSR count). The molecule has 0 aliphatic carbocycles. The second-order valence-electron chi connectivity index (χ2n) is 4.84. The first kappa shape index (κ1) is 15.7. The molecule has 3 N–H and O–H groups in total. The average Bonchev–Trinajstić information content (AvgIpc) is 2.50. The van der Waals surface area contributed by atoms with Crippen molar-refractivity contribution in [3.63, 3.8) is 0 Å². The van der Waals surface area contributed by atoms with Crippen LogP contribution in [0.4, 0.5) is 10.1 Å². The number of hydrogen-bond donors (Lipinski definition) is 2. The summed E-state index contributed by atoms with van der Waals surface area (Å²) in [4.78, 5) is 12.2. The van der Waals surface area contributed by atoms with Crippen molar-refractivity contribution in [2.75, 3.05) is 5.32 Å². The van der Waals surface area contributed by atoms with E-state index in [1.165, 1.54) is 12.1 Å². The molecule has 2 unspecified atom stereocenters. The molecule has 0 spiro atoms. The van der Waals surface area contributed by atoms with Gasteiger partial charge in [0.25, 0.3) is 0 Å². The summed E-state index contributed by atoms with van der Waals surface area (Å²) in [5.41, 5.74) is 7.11. The van der Waals surface area contributed by atoms with Gasteiger partial charge in [0, 0.05) is 10.5 Å². The van der Waals surface area contributed by atoms with Crippen LogP contribution in [0.2, 0.25) is 0 Å². The molecule has 2 aromatic rings. The summed E-state index contributed by atoms with van der Waals surface area (Å²) in [5, 5.41) is 2.58. The Morgan fingerprint density at radius 1 is 1.24 bits per heavy atom. The minimum absolute atomic E-state index is 0.140. The number of hydrogen-bond acceptors (Lipinski definition) is 2. The number of halogens is 2. The van der Waals surface area contributed by atoms with Crippen molar-refractivity contribution in [3.05, 3.63) is 64.4 Å². The van der Waals surface area contributed by atoms with E-state index in [0.717, 1.165) is 5.56 Å². The molecular weight excluding hydrogens is 335 g/mol. The minimum atomic E-state index is -0.481. The van der Waals surface area contributed by atoms with Crippen LogP contribution >= 0.6 is 15.9 Å². The van der Waals surface area contributed by atoms with E-state index < -0.39 is 17.8 Å². The molecule has 2 aromatic carbocycles. The van der Waals surface area contributed by atoms with E-state index >= 15 is 0 Å². The van der Waals surface area contributed by atoms with Gasteiger partial charge in [-0.3, -0.25) is 4.79 Å². The number of nitrogens with one attached hydrogen (secondary N) is 1. The summed E-state index contributed by atoms with van der Waals surface area (Å²) >= 11 is 3.25. The second-order valence-corrected chi connectivity index (χ2v) is 5.75. The highest BCUT2D eigenvalue weighted by Gasteiger charge is 2.22. The lowest BCUT2D eigenvalue weighted by atomic mass is 9.94. The minimum Gasteiger partial charge on any atom is -0.323 e. The predicted octanol–water partition coefficient (Wildman–Crippen LogP) is 3.86. The van der Waals surface area contributed by atoms with Crippen molar-refractivity contribution in [3.8, 4) is 0 Å². The molecule has 0 fully saturated rings. The van der Waals surface area contributed by atoms with Crippen LogP contribution in [0.5, 0.6) is 0 Å². The topological polar surface area (TPSA) is 55.1 Å². The van der Waals surface area contributed by atoms with E-state index in [9.17, 15) is 9.18 Å². The lowest BCUT2D eigenvalue weighted by Crippen LogP contribution is -2.30. The molecule has 110 valence electrons. The van der Waals surface area contributed by atoms with Crippen molar-refractivity contribution in [2.45, 2.75) is 13.0 Å². The van der Waals surface area contributed by atoms with Gasteiger partial charge in [0.15, 0.2) is 0 Å². The van der Waals surface area contributed by atoms with Gasteiger partial charge in [-0.05, 0) is 23.8 Å². The van der Waals surface area contributed by atoms with Crippen LogP contribution in [0.3, 0.4) is 0 Å². The molecule has 0 radical (unpaired) electrons. The van der Waals surface area contributed by atoms with E-state index in [1.54, 1.807) is 13.0 Å². The number of rotatable bonds is 4. The third kappa shape index (κ3) is 3.89. The monoisotopic (exact) mass is 350 g/mol. The lowest BCUT2D eigenvalue weighted by molar-refractivity contribution is -0.120. The maximum absolute atomic E-state index is 13.7. The molecule has 21 heavy (non-hydrogen) atoms. The number of nitrogens with two attached hydrogens (primary N) is 1. The fraction of sp³-hybridized carbons (Fsp3) is 0.188. The summed E-state index contributed by atoms with van der Waals surface area (Å²) in [7, 11) is 0. The normalized spacial score (nSPS) is 13.5. The van der Waals surface area contributed by atoms with Gasteiger partial charge in [0.05, 0.1) is 11.6 Å². The van der Waals surface area contributed by atoms with E-state index in [0.29, 0.717) is 4.47 Å². The summed E-state index contributed by atoms with van der Waals surface area (Å²) in [5.74, 6) is -1.28. The maximum atomic E-state index is 13.7. The Kier molecular flexibility index (Phi) is 5.09. The van der Waals surface area contributed by atoms with Crippen LogP contribution in [0.25, 0.3) is 0 Å². The Balaban J connectivity index is 2.11. The number of carbonyl (C=O) groups is 1. The van der Waals surface area contributed by atoms with Gasteiger partial charge >= 0.3 is 0 Å². The van der Waals surface area contributed by atoms with Crippen LogP contribution in [0.15, 0.2) is 53.0 Å². The highest BCUT2D eigenvalue weighted by molar-refractivity contribution is 9.10. The van der Waals surface area contributed by atoms with Crippen molar-refractivity contribution < 1.29 is 9.18 Å². The van der Waals surface area contributed by atoms with Crippen LogP contribution < -0.4 is 11.1 Å². The van der Waals surface area contributed by atoms with E-state index in [1.807, 2.05) is 30.3 Å². The van der Waals surface area contributed by atoms with Gasteiger partial charge in [0.1, 0.15) is 5.82 Å². The number of anilines is 1. The molecule has 1 amide bonds. The summed E-state index contributed by atoms with van der Waals surface area (Å²) in [6, 6.07) is 13.3. The molecule has 0 aliphatic heterocycles. The van der Waals surface area contributed by atoms with E-state index in [2.05, 4.69) is 21.2 Å². The van der Waals surface area contributed by atoms with Gasteiger partial charge in [-0.1, -0.05) is 53.2 Å². The maximum Gasteiger partial charge on any atom is 0.229 e. The van der Waals surface area contributed by atoms with Gasteiger partial charge in [-0.15, -0.1) is 0 Å². The van der Waals surface area contributed by atoms with Crippen LogP contribution in [-0.4, -0.2) is 5.91 Å². The fourth-order valence-electron chi connectivity index (χ4n) is 1.97. The third-order valence-electron chi connectivity index (χ3n) is 3.32. The highest BCUT2D eigenvalue weighted by atomic mass is 79.9. The quantitative estimate of drug-likeness (QED) is 0.879. The Hall–Kier alpha value is -1.72. The summed E-state index contributed by atoms with van der Waals surface area (Å²) in [6.45, 7) is 1.73. The SMILES string of the molecule is CC(C(=O)Nc1cc(Br)ccc1F)C(N)c1ccccc1. The average molecular weight is 351 g/mol. The molecule has 0 heterocycles. The molecule has 3 nitrogen and oxygen atoms in total. The second kappa shape index (κ2) is 6.83. The number of carbonyl (C=O) groups excluding carboxylic acids is 1. The molecule has 5 heteroatoms. The van der Waals surface area contributed by atoms with Gasteiger partial charge in [-0.2, -0.15) is 0 Å². The van der Waals surface area contributed by atoms with Crippen molar-refractivity contribution in [2.24, 2.45) is 11.7 Å². The number of benzene rings is 2. The molecule has 0 saturated heterocycles. The van der Waals surface area contributed by atoms with E-state index in [-0.39, 0.29) is 11.6 Å². The Labute approximate surface area is 131 Å². The Bertz CT molecular complexity index is 633. The first-order valence-corrected chi connectivity index (χ1v) is 7.35. The Morgan fingerprint density at radius 3 is 2.57 bits per heavy atom. The van der Waals surface area contributed by atoms with Crippen LogP contribution in [0.1, 0.15) is 18.5 Å². The van der Waals surface area contributed by atoms with Gasteiger partial charge < -0.3 is 11.1 Å². The highest BCUT2D eigenvalue weighted by Crippen LogP contribution is 2.23. The van der Waals surface area contributed by atoms with Gasteiger partial charge in [-0.25, -0.2) is 4.39 Å². The molecular formula is C16H16BrFN2O. The number of amides is 1. The molecule has 0 aromatic heterocycles. The zero-order valence-electron chi connectivity index (χ0n) is 11.5. The van der Waals surface area contributed by atoms with Crippen LogP contribution in [0, 0.1) is 11.7 Å². The first-order chi connectivity index (χ1) is 9.99. The third-order valence-corrected chi connectivity index (χ3v) is 3.82.